The molecule has 1 saturated carbocycles. The molecule has 1 N–H and O–H groups in total. The molecule has 6 rings (SSSR count). The number of ether oxygens (including phenoxy) is 1. The molecule has 0 unspecified atom stereocenters. The monoisotopic (exact) mass is 337 g/mol. The van der Waals surface area contributed by atoms with Crippen molar-refractivity contribution in [1.82, 2.24) is 4.90 Å². The summed E-state index contributed by atoms with van der Waals surface area (Å²) in [6, 6.07) is 12.5. The van der Waals surface area contributed by atoms with E-state index in [0.29, 0.717) is 25.9 Å². The van der Waals surface area contributed by atoms with Crippen molar-refractivity contribution in [3.63, 3.8) is 0 Å². The lowest BCUT2D eigenvalue weighted by Gasteiger charge is -2.44. The Hall–Kier alpha value is -2.40. The fourth-order valence-electron chi connectivity index (χ4n) is 4.74. The Kier molecular flexibility index (Phi) is 2.87. The van der Waals surface area contributed by atoms with Gasteiger partial charge >= 0.3 is 5.97 Å². The number of nitrogens with zero attached hydrogens (tertiary/aromatic N) is 1. The first kappa shape index (κ1) is 14.9. The smallest absolute Gasteiger partial charge is 0.312 e. The average Bonchev–Trinajstić information content (AvgIpc) is 3.19. The van der Waals surface area contributed by atoms with Gasteiger partial charge in [-0.3, -0.25) is 9.59 Å². The van der Waals surface area contributed by atoms with E-state index in [9.17, 15) is 14.7 Å². The maximum atomic E-state index is 13.1. The zero-order valence-corrected chi connectivity index (χ0v) is 13.8. The Morgan fingerprint density at radius 2 is 1.92 bits per heavy atom. The molecular formula is C20H19NO4. The predicted octanol–water partition coefficient (Wildman–Crippen LogP) is 2.36. The Bertz CT molecular complexity index is 913. The number of carboxylic acid groups (broad SMARTS) is 1. The van der Waals surface area contributed by atoms with E-state index in [0.717, 1.165) is 6.42 Å². The lowest BCUT2D eigenvalue weighted by Crippen LogP contribution is -2.58. The minimum absolute atomic E-state index is 0.0412. The number of carbonyl (C=O) groups excluding carboxylic acids is 1. The van der Waals surface area contributed by atoms with Gasteiger partial charge in [-0.2, -0.15) is 0 Å². The SMILES string of the molecule is O=C(O)C12COC(C(=O)N3CCc4ccc5ccccc5c4C3)(C1)C2. The summed E-state index contributed by atoms with van der Waals surface area (Å²) >= 11 is 0. The van der Waals surface area contributed by atoms with Crippen LogP contribution in [0.1, 0.15) is 24.0 Å². The van der Waals surface area contributed by atoms with Gasteiger partial charge in [-0.15, -0.1) is 0 Å². The third kappa shape index (κ3) is 1.93. The van der Waals surface area contributed by atoms with Crippen molar-refractivity contribution in [2.24, 2.45) is 5.41 Å². The summed E-state index contributed by atoms with van der Waals surface area (Å²) in [5.74, 6) is -0.885. The number of hydrogen-bond acceptors (Lipinski definition) is 3. The minimum atomic E-state index is -0.902. The van der Waals surface area contributed by atoms with Gasteiger partial charge in [-0.1, -0.05) is 36.4 Å². The molecule has 25 heavy (non-hydrogen) atoms. The van der Waals surface area contributed by atoms with Crippen molar-refractivity contribution < 1.29 is 19.4 Å². The van der Waals surface area contributed by atoms with E-state index in [-0.39, 0.29) is 12.5 Å². The Morgan fingerprint density at radius 3 is 2.68 bits per heavy atom. The van der Waals surface area contributed by atoms with Gasteiger partial charge in [0, 0.05) is 25.9 Å². The first-order chi connectivity index (χ1) is 12.0. The lowest BCUT2D eigenvalue weighted by atomic mass is 9.62. The minimum Gasteiger partial charge on any atom is -0.481 e. The van der Waals surface area contributed by atoms with Crippen LogP contribution in [0.5, 0.6) is 0 Å². The molecule has 5 heteroatoms. The second kappa shape index (κ2) is 4.82. The van der Waals surface area contributed by atoms with E-state index in [1.165, 1.54) is 21.9 Å². The number of rotatable bonds is 2. The number of amides is 1. The van der Waals surface area contributed by atoms with Gasteiger partial charge in [0.25, 0.3) is 5.91 Å². The second-order valence-corrected chi connectivity index (χ2v) is 7.62. The summed E-state index contributed by atoms with van der Waals surface area (Å²) in [7, 11) is 0. The Labute approximate surface area is 145 Å². The van der Waals surface area contributed by atoms with Crippen LogP contribution in [0, 0.1) is 5.41 Å². The van der Waals surface area contributed by atoms with Crippen LogP contribution in [0.2, 0.25) is 0 Å². The molecule has 2 bridgehead atoms. The summed E-state index contributed by atoms with van der Waals surface area (Å²) < 4.78 is 5.70. The van der Waals surface area contributed by atoms with E-state index in [1.807, 2.05) is 17.0 Å². The first-order valence-corrected chi connectivity index (χ1v) is 8.69. The van der Waals surface area contributed by atoms with Gasteiger partial charge in [0.15, 0.2) is 0 Å². The third-order valence-corrected chi connectivity index (χ3v) is 6.14. The molecule has 0 aromatic heterocycles. The number of aliphatic carboxylic acids is 1. The summed E-state index contributed by atoms with van der Waals surface area (Å²) in [5.41, 5.74) is 0.758. The molecular weight excluding hydrogens is 318 g/mol. The largest absolute Gasteiger partial charge is 0.481 e. The molecule has 5 nitrogen and oxygen atoms in total. The molecule has 1 amide bonds. The quantitative estimate of drug-likeness (QED) is 0.913. The summed E-state index contributed by atoms with van der Waals surface area (Å²) in [4.78, 5) is 26.3. The molecule has 0 spiro atoms. The summed E-state index contributed by atoms with van der Waals surface area (Å²) in [5, 5.41) is 11.7. The number of benzene rings is 2. The van der Waals surface area contributed by atoms with Crippen molar-refractivity contribution in [3.05, 3.63) is 47.5 Å². The number of carboxylic acids is 1. The molecule has 3 heterocycles. The van der Waals surface area contributed by atoms with Crippen LogP contribution >= 0.6 is 0 Å². The van der Waals surface area contributed by atoms with Crippen molar-refractivity contribution in [2.75, 3.05) is 13.2 Å². The summed E-state index contributed by atoms with van der Waals surface area (Å²) in [6.07, 6.45) is 1.45. The van der Waals surface area contributed by atoms with Crippen molar-refractivity contribution in [2.45, 2.75) is 31.4 Å². The van der Waals surface area contributed by atoms with Crippen LogP contribution in [0.4, 0.5) is 0 Å². The zero-order chi connectivity index (χ0) is 17.2. The van der Waals surface area contributed by atoms with E-state index in [1.54, 1.807) is 0 Å². The zero-order valence-electron chi connectivity index (χ0n) is 13.8. The normalized spacial score (nSPS) is 30.0. The standard InChI is InChI=1S/C20H19NO4/c22-17(20-10-19(11-20,12-25-20)18(23)24)21-8-7-14-6-5-13-3-1-2-4-15(13)16(14)9-21/h1-6H,7-12H2,(H,23,24). The molecule has 0 atom stereocenters. The third-order valence-electron chi connectivity index (χ3n) is 6.14. The first-order valence-electron chi connectivity index (χ1n) is 8.69. The van der Waals surface area contributed by atoms with Gasteiger partial charge in [0.1, 0.15) is 5.60 Å². The highest BCUT2D eigenvalue weighted by Crippen LogP contribution is 2.58. The predicted molar refractivity (Wildman–Crippen MR) is 91.1 cm³/mol. The van der Waals surface area contributed by atoms with Crippen LogP contribution in [0.3, 0.4) is 0 Å². The van der Waals surface area contributed by atoms with Crippen LogP contribution in [0.25, 0.3) is 10.8 Å². The topological polar surface area (TPSA) is 66.8 Å². The van der Waals surface area contributed by atoms with Gasteiger partial charge in [0.2, 0.25) is 0 Å². The van der Waals surface area contributed by atoms with E-state index in [4.69, 9.17) is 4.74 Å². The van der Waals surface area contributed by atoms with E-state index < -0.39 is 17.0 Å². The molecule has 1 aliphatic carbocycles. The van der Waals surface area contributed by atoms with E-state index >= 15 is 0 Å². The molecule has 2 saturated heterocycles. The van der Waals surface area contributed by atoms with Crippen molar-refractivity contribution in [3.8, 4) is 0 Å². The molecule has 2 aromatic rings. The lowest BCUT2D eigenvalue weighted by molar-refractivity contribution is -0.165. The van der Waals surface area contributed by atoms with Crippen LogP contribution in [-0.4, -0.2) is 40.6 Å². The van der Waals surface area contributed by atoms with Crippen LogP contribution in [-0.2, 0) is 27.3 Å². The van der Waals surface area contributed by atoms with Gasteiger partial charge < -0.3 is 14.7 Å². The fraction of sp³-hybridized carbons (Fsp3) is 0.400. The number of hydrogen-bond donors (Lipinski definition) is 1. The maximum absolute atomic E-state index is 13.1. The summed E-state index contributed by atoms with van der Waals surface area (Å²) in [6.45, 7) is 1.39. The number of carbonyl (C=O) groups is 2. The molecule has 128 valence electrons. The molecule has 3 fully saturated rings. The van der Waals surface area contributed by atoms with E-state index in [2.05, 4.69) is 24.3 Å². The van der Waals surface area contributed by atoms with Gasteiger partial charge in [-0.25, -0.2) is 0 Å². The molecule has 4 aliphatic rings. The van der Waals surface area contributed by atoms with Crippen LogP contribution < -0.4 is 0 Å². The van der Waals surface area contributed by atoms with Gasteiger partial charge in [0.05, 0.1) is 12.0 Å². The average molecular weight is 337 g/mol. The highest BCUT2D eigenvalue weighted by atomic mass is 16.5. The molecule has 3 aliphatic heterocycles. The maximum Gasteiger partial charge on any atom is 0.312 e. The molecule has 2 aromatic carbocycles. The Morgan fingerprint density at radius 1 is 1.12 bits per heavy atom. The Balaban J connectivity index is 1.44. The van der Waals surface area contributed by atoms with Crippen molar-refractivity contribution in [1.29, 1.82) is 0 Å². The fourth-order valence-corrected chi connectivity index (χ4v) is 4.74. The molecule has 0 radical (unpaired) electrons. The van der Waals surface area contributed by atoms with Gasteiger partial charge in [-0.05, 0) is 28.3 Å². The highest BCUT2D eigenvalue weighted by molar-refractivity contribution is 5.93. The van der Waals surface area contributed by atoms with Crippen LogP contribution in [0.15, 0.2) is 36.4 Å². The number of fused-ring (bicyclic) bond motifs is 4. The second-order valence-electron chi connectivity index (χ2n) is 7.62. The van der Waals surface area contributed by atoms with Crippen molar-refractivity contribution >= 4 is 22.6 Å². The highest BCUT2D eigenvalue weighted by Gasteiger charge is 2.70.